The van der Waals surface area contributed by atoms with Crippen molar-refractivity contribution in [3.05, 3.63) is 35.9 Å². The largest absolute Gasteiger partial charge is 0.294 e. The van der Waals surface area contributed by atoms with E-state index in [0.717, 1.165) is 12.0 Å². The zero-order chi connectivity index (χ0) is 11.1. The van der Waals surface area contributed by atoms with E-state index in [-0.39, 0.29) is 5.78 Å². The first-order valence-corrected chi connectivity index (χ1v) is 6.71. The van der Waals surface area contributed by atoms with Crippen molar-refractivity contribution < 1.29 is 4.79 Å². The molecule has 1 nitrogen and oxygen atoms in total. The summed E-state index contributed by atoms with van der Waals surface area (Å²) in [7, 11) is 0. The number of ketones is 1. The van der Waals surface area contributed by atoms with Gasteiger partial charge in [-0.2, -0.15) is 0 Å². The van der Waals surface area contributed by atoms with E-state index in [1.807, 2.05) is 30.3 Å². The van der Waals surface area contributed by atoms with Gasteiger partial charge in [-0.15, -0.1) is 0 Å². The standard InChI is InChI=1S/C13H17IO/c1-2-3-9-12(14)10-13(15)11-7-5-4-6-8-11/h4-8,12H,2-3,9-10H2,1H3. The number of alkyl halides is 1. The molecule has 0 aliphatic rings. The minimum atomic E-state index is 0.270. The molecule has 0 saturated carbocycles. The average molecular weight is 316 g/mol. The molecule has 1 rings (SSSR count). The van der Waals surface area contributed by atoms with Crippen molar-refractivity contribution in [3.63, 3.8) is 0 Å². The molecule has 0 radical (unpaired) electrons. The maximum Gasteiger partial charge on any atom is 0.163 e. The highest BCUT2D eigenvalue weighted by molar-refractivity contribution is 14.1. The summed E-state index contributed by atoms with van der Waals surface area (Å²) in [6.45, 7) is 2.18. The van der Waals surface area contributed by atoms with Crippen molar-refractivity contribution in [1.29, 1.82) is 0 Å². The quantitative estimate of drug-likeness (QED) is 0.435. The third kappa shape index (κ3) is 4.78. The van der Waals surface area contributed by atoms with Crippen LogP contribution in [0.25, 0.3) is 0 Å². The molecule has 0 spiro atoms. The lowest BCUT2D eigenvalue weighted by Gasteiger charge is -2.07. The number of unbranched alkanes of at least 4 members (excludes halogenated alkanes) is 1. The summed E-state index contributed by atoms with van der Waals surface area (Å²) >= 11 is 2.39. The van der Waals surface area contributed by atoms with Gasteiger partial charge >= 0.3 is 0 Å². The van der Waals surface area contributed by atoms with Crippen LogP contribution < -0.4 is 0 Å². The zero-order valence-corrected chi connectivity index (χ0v) is 11.2. The summed E-state index contributed by atoms with van der Waals surface area (Å²) < 4.78 is 0.482. The molecular weight excluding hydrogens is 299 g/mol. The molecule has 0 saturated heterocycles. The van der Waals surface area contributed by atoms with Gasteiger partial charge in [0.05, 0.1) is 0 Å². The fourth-order valence-electron chi connectivity index (χ4n) is 1.47. The molecule has 1 unspecified atom stereocenters. The number of benzene rings is 1. The number of hydrogen-bond donors (Lipinski definition) is 0. The lowest BCUT2D eigenvalue weighted by molar-refractivity contribution is 0.0982. The second kappa shape index (κ2) is 6.99. The summed E-state index contributed by atoms with van der Waals surface area (Å²) in [5.74, 6) is 0.270. The summed E-state index contributed by atoms with van der Waals surface area (Å²) in [6, 6.07) is 9.56. The Hall–Kier alpha value is -0.380. The highest BCUT2D eigenvalue weighted by atomic mass is 127. The number of rotatable bonds is 6. The monoisotopic (exact) mass is 316 g/mol. The molecular formula is C13H17IO. The third-order valence-electron chi connectivity index (χ3n) is 2.37. The minimum absolute atomic E-state index is 0.270. The normalized spacial score (nSPS) is 12.4. The maximum atomic E-state index is 11.8. The zero-order valence-electron chi connectivity index (χ0n) is 9.08. The van der Waals surface area contributed by atoms with Crippen LogP contribution in [0.15, 0.2) is 30.3 Å². The molecule has 0 N–H and O–H groups in total. The second-order valence-corrected chi connectivity index (χ2v) is 5.49. The number of carbonyl (C=O) groups excluding carboxylic acids is 1. The van der Waals surface area contributed by atoms with Crippen LogP contribution in [-0.4, -0.2) is 9.71 Å². The predicted octanol–water partition coefficient (Wildman–Crippen LogP) is 4.25. The van der Waals surface area contributed by atoms with E-state index in [1.165, 1.54) is 12.8 Å². The van der Waals surface area contributed by atoms with E-state index in [1.54, 1.807) is 0 Å². The lowest BCUT2D eigenvalue weighted by Crippen LogP contribution is -2.07. The fraction of sp³-hybridized carbons (Fsp3) is 0.462. The minimum Gasteiger partial charge on any atom is -0.294 e. The molecule has 0 fully saturated rings. The summed E-state index contributed by atoms with van der Waals surface area (Å²) in [5.41, 5.74) is 0.843. The predicted molar refractivity (Wildman–Crippen MR) is 72.7 cm³/mol. The Morgan fingerprint density at radius 1 is 1.33 bits per heavy atom. The van der Waals surface area contributed by atoms with Crippen molar-refractivity contribution >= 4 is 28.4 Å². The molecule has 0 amide bonds. The van der Waals surface area contributed by atoms with Crippen LogP contribution in [0.4, 0.5) is 0 Å². The first kappa shape index (κ1) is 12.7. The Bertz CT molecular complexity index is 295. The van der Waals surface area contributed by atoms with Crippen LogP contribution in [0.2, 0.25) is 0 Å². The van der Waals surface area contributed by atoms with Gasteiger partial charge < -0.3 is 0 Å². The van der Waals surface area contributed by atoms with Gasteiger partial charge in [-0.1, -0.05) is 72.7 Å². The van der Waals surface area contributed by atoms with E-state index >= 15 is 0 Å². The summed E-state index contributed by atoms with van der Waals surface area (Å²) in [5, 5.41) is 0. The van der Waals surface area contributed by atoms with Crippen molar-refractivity contribution in [2.75, 3.05) is 0 Å². The highest BCUT2D eigenvalue weighted by Crippen LogP contribution is 2.17. The summed E-state index contributed by atoms with van der Waals surface area (Å²) in [6.07, 6.45) is 4.24. The van der Waals surface area contributed by atoms with Gasteiger partial charge in [0.25, 0.3) is 0 Å². The van der Waals surface area contributed by atoms with E-state index < -0.39 is 0 Å². The van der Waals surface area contributed by atoms with E-state index in [9.17, 15) is 4.79 Å². The Morgan fingerprint density at radius 2 is 2.00 bits per heavy atom. The number of carbonyl (C=O) groups is 1. The Balaban J connectivity index is 2.42. The average Bonchev–Trinajstić information content (AvgIpc) is 2.27. The molecule has 0 aliphatic carbocycles. The van der Waals surface area contributed by atoms with Crippen molar-refractivity contribution in [2.45, 2.75) is 36.5 Å². The SMILES string of the molecule is CCCCC(I)CC(=O)c1ccccc1. The highest BCUT2D eigenvalue weighted by Gasteiger charge is 2.11. The Labute approximate surface area is 105 Å². The van der Waals surface area contributed by atoms with Crippen LogP contribution in [0, 0.1) is 0 Å². The van der Waals surface area contributed by atoms with Gasteiger partial charge in [-0.05, 0) is 6.42 Å². The van der Waals surface area contributed by atoms with Crippen LogP contribution in [0.5, 0.6) is 0 Å². The number of halogens is 1. The van der Waals surface area contributed by atoms with E-state index in [0.29, 0.717) is 10.3 Å². The molecule has 0 heterocycles. The Morgan fingerprint density at radius 3 is 2.60 bits per heavy atom. The molecule has 1 atom stereocenters. The van der Waals surface area contributed by atoms with Crippen LogP contribution >= 0.6 is 22.6 Å². The van der Waals surface area contributed by atoms with Crippen LogP contribution in [0.3, 0.4) is 0 Å². The van der Waals surface area contributed by atoms with Gasteiger partial charge in [0.15, 0.2) is 5.78 Å². The van der Waals surface area contributed by atoms with Crippen molar-refractivity contribution in [1.82, 2.24) is 0 Å². The van der Waals surface area contributed by atoms with Gasteiger partial charge in [0.2, 0.25) is 0 Å². The first-order valence-electron chi connectivity index (χ1n) is 5.46. The number of Topliss-reactive ketones (excluding diaryl/α,β-unsaturated/α-hetero) is 1. The third-order valence-corrected chi connectivity index (χ3v) is 3.44. The molecule has 0 aliphatic heterocycles. The van der Waals surface area contributed by atoms with Gasteiger partial charge in [0, 0.05) is 15.9 Å². The first-order chi connectivity index (χ1) is 7.24. The molecule has 15 heavy (non-hydrogen) atoms. The van der Waals surface area contributed by atoms with E-state index in [2.05, 4.69) is 29.5 Å². The summed E-state index contributed by atoms with van der Waals surface area (Å²) in [4.78, 5) is 11.8. The van der Waals surface area contributed by atoms with Gasteiger partial charge in [-0.3, -0.25) is 4.79 Å². The Kier molecular flexibility index (Phi) is 5.91. The van der Waals surface area contributed by atoms with Crippen molar-refractivity contribution in [3.8, 4) is 0 Å². The van der Waals surface area contributed by atoms with Crippen LogP contribution in [-0.2, 0) is 0 Å². The second-order valence-electron chi connectivity index (χ2n) is 3.73. The van der Waals surface area contributed by atoms with Crippen molar-refractivity contribution in [2.24, 2.45) is 0 Å². The van der Waals surface area contributed by atoms with Gasteiger partial charge in [0.1, 0.15) is 0 Å². The van der Waals surface area contributed by atoms with Crippen LogP contribution in [0.1, 0.15) is 43.0 Å². The molecule has 1 aromatic carbocycles. The molecule has 0 bridgehead atoms. The maximum absolute atomic E-state index is 11.8. The fourth-order valence-corrected chi connectivity index (χ4v) is 2.31. The molecule has 2 heteroatoms. The van der Waals surface area contributed by atoms with Gasteiger partial charge in [-0.25, -0.2) is 0 Å². The topological polar surface area (TPSA) is 17.1 Å². The lowest BCUT2D eigenvalue weighted by atomic mass is 10.0. The van der Waals surface area contributed by atoms with E-state index in [4.69, 9.17) is 0 Å². The molecule has 1 aromatic rings. The molecule has 82 valence electrons. The smallest absolute Gasteiger partial charge is 0.163 e. The molecule has 0 aromatic heterocycles. The number of hydrogen-bond acceptors (Lipinski definition) is 1.